The maximum Gasteiger partial charge on any atom is 0.306 e. The predicted octanol–water partition coefficient (Wildman–Crippen LogP) is 3.26. The zero-order valence-corrected chi connectivity index (χ0v) is 11.3. The van der Waals surface area contributed by atoms with E-state index in [0.29, 0.717) is 6.04 Å². The second-order valence-electron chi connectivity index (χ2n) is 4.51. The van der Waals surface area contributed by atoms with Crippen molar-refractivity contribution in [2.24, 2.45) is 5.92 Å². The van der Waals surface area contributed by atoms with E-state index in [0.717, 1.165) is 30.3 Å². The Hall–Kier alpha value is -0.580. The lowest BCUT2D eigenvalue weighted by Crippen LogP contribution is -2.37. The molecule has 17 heavy (non-hydrogen) atoms. The van der Waals surface area contributed by atoms with Crippen LogP contribution >= 0.6 is 22.9 Å². The molecule has 1 unspecified atom stereocenters. The SMILES string of the molecule is CC(c1csc(Cl)c1)N1CCC(C(=O)O)CC1. The fourth-order valence-corrected chi connectivity index (χ4v) is 3.26. The first-order chi connectivity index (χ1) is 8.08. The minimum Gasteiger partial charge on any atom is -0.481 e. The first-order valence-electron chi connectivity index (χ1n) is 5.78. The molecule has 0 saturated carbocycles. The summed E-state index contributed by atoms with van der Waals surface area (Å²) in [7, 11) is 0. The number of carboxylic acid groups (broad SMARTS) is 1. The summed E-state index contributed by atoms with van der Waals surface area (Å²) in [5, 5.41) is 11.0. The lowest BCUT2D eigenvalue weighted by Gasteiger charge is -2.34. The summed E-state index contributed by atoms with van der Waals surface area (Å²) >= 11 is 7.48. The lowest BCUT2D eigenvalue weighted by atomic mass is 9.95. The highest BCUT2D eigenvalue weighted by atomic mass is 35.5. The number of hydrogen-bond acceptors (Lipinski definition) is 3. The van der Waals surface area contributed by atoms with E-state index in [-0.39, 0.29) is 5.92 Å². The van der Waals surface area contributed by atoms with Gasteiger partial charge < -0.3 is 5.11 Å². The highest BCUT2D eigenvalue weighted by Crippen LogP contribution is 2.30. The van der Waals surface area contributed by atoms with Crippen LogP contribution in [-0.4, -0.2) is 29.1 Å². The van der Waals surface area contributed by atoms with E-state index in [1.807, 2.05) is 6.07 Å². The maximum absolute atomic E-state index is 10.9. The summed E-state index contributed by atoms with van der Waals surface area (Å²) < 4.78 is 0.812. The van der Waals surface area contributed by atoms with E-state index >= 15 is 0 Å². The number of carbonyl (C=O) groups is 1. The second-order valence-corrected chi connectivity index (χ2v) is 6.05. The number of nitrogens with zero attached hydrogens (tertiary/aromatic N) is 1. The van der Waals surface area contributed by atoms with Crippen molar-refractivity contribution in [2.75, 3.05) is 13.1 Å². The van der Waals surface area contributed by atoms with Crippen molar-refractivity contribution in [1.29, 1.82) is 0 Å². The number of aliphatic carboxylic acids is 1. The third kappa shape index (κ3) is 3.00. The highest BCUT2D eigenvalue weighted by Gasteiger charge is 2.27. The Labute approximate surface area is 110 Å². The van der Waals surface area contributed by atoms with Gasteiger partial charge in [-0.2, -0.15) is 0 Å². The molecule has 1 aliphatic heterocycles. The van der Waals surface area contributed by atoms with Crippen molar-refractivity contribution in [2.45, 2.75) is 25.8 Å². The molecule has 1 saturated heterocycles. The topological polar surface area (TPSA) is 40.5 Å². The molecule has 1 aromatic rings. The first-order valence-corrected chi connectivity index (χ1v) is 7.04. The normalized spacial score (nSPS) is 20.4. The second kappa shape index (κ2) is 5.38. The van der Waals surface area contributed by atoms with E-state index in [1.54, 1.807) is 11.3 Å². The monoisotopic (exact) mass is 273 g/mol. The number of piperidine rings is 1. The molecule has 0 spiro atoms. The molecule has 0 amide bonds. The van der Waals surface area contributed by atoms with Gasteiger partial charge in [-0.3, -0.25) is 9.69 Å². The molecule has 2 heterocycles. The van der Waals surface area contributed by atoms with Crippen molar-refractivity contribution >= 4 is 28.9 Å². The standard InChI is InChI=1S/C12H16ClNO2S/c1-8(10-6-11(13)17-7-10)14-4-2-9(3-5-14)12(15)16/h6-9H,2-5H2,1H3,(H,15,16). The van der Waals surface area contributed by atoms with Crippen LogP contribution < -0.4 is 0 Å². The van der Waals surface area contributed by atoms with Gasteiger partial charge in [-0.1, -0.05) is 11.6 Å². The molecule has 1 N–H and O–H groups in total. The molecule has 2 rings (SSSR count). The Bertz CT molecular complexity index is 399. The van der Waals surface area contributed by atoms with Gasteiger partial charge in [0.25, 0.3) is 0 Å². The molecule has 1 atom stereocenters. The summed E-state index contributed by atoms with van der Waals surface area (Å²) in [6.45, 7) is 3.86. The van der Waals surface area contributed by atoms with E-state index in [9.17, 15) is 4.79 Å². The van der Waals surface area contributed by atoms with Crippen molar-refractivity contribution in [3.63, 3.8) is 0 Å². The van der Waals surface area contributed by atoms with Crippen LogP contribution in [0.1, 0.15) is 31.4 Å². The molecular weight excluding hydrogens is 258 g/mol. The molecule has 0 aromatic carbocycles. The minimum atomic E-state index is -0.657. The van der Waals surface area contributed by atoms with Gasteiger partial charge in [-0.25, -0.2) is 0 Å². The van der Waals surface area contributed by atoms with Crippen molar-refractivity contribution in [3.8, 4) is 0 Å². The zero-order valence-electron chi connectivity index (χ0n) is 9.73. The van der Waals surface area contributed by atoms with Gasteiger partial charge in [0.2, 0.25) is 0 Å². The molecule has 5 heteroatoms. The largest absolute Gasteiger partial charge is 0.481 e. The first kappa shape index (κ1) is 12.9. The number of carboxylic acids is 1. The van der Waals surface area contributed by atoms with E-state index in [2.05, 4.69) is 17.2 Å². The van der Waals surface area contributed by atoms with Crippen LogP contribution in [0.3, 0.4) is 0 Å². The van der Waals surface area contributed by atoms with Crippen LogP contribution in [0.25, 0.3) is 0 Å². The van der Waals surface area contributed by atoms with Crippen molar-refractivity contribution < 1.29 is 9.90 Å². The fraction of sp³-hybridized carbons (Fsp3) is 0.583. The Morgan fingerprint density at radius 3 is 2.71 bits per heavy atom. The summed E-state index contributed by atoms with van der Waals surface area (Å²) in [5.41, 5.74) is 1.23. The molecular formula is C12H16ClNO2S. The minimum absolute atomic E-state index is 0.162. The smallest absolute Gasteiger partial charge is 0.306 e. The van der Waals surface area contributed by atoms with E-state index < -0.39 is 5.97 Å². The van der Waals surface area contributed by atoms with Crippen LogP contribution in [0.15, 0.2) is 11.4 Å². The number of hydrogen-bond donors (Lipinski definition) is 1. The Morgan fingerprint density at radius 2 is 2.24 bits per heavy atom. The maximum atomic E-state index is 10.9. The Balaban J connectivity index is 1.94. The molecule has 0 aliphatic carbocycles. The van der Waals surface area contributed by atoms with Gasteiger partial charge in [0.15, 0.2) is 0 Å². The van der Waals surface area contributed by atoms with Gasteiger partial charge in [0.1, 0.15) is 0 Å². The third-order valence-corrected chi connectivity index (χ3v) is 4.61. The average molecular weight is 274 g/mol. The number of rotatable bonds is 3. The van der Waals surface area contributed by atoms with Gasteiger partial charge >= 0.3 is 5.97 Å². The summed E-state index contributed by atoms with van der Waals surface area (Å²) in [6.07, 6.45) is 1.50. The van der Waals surface area contributed by atoms with Crippen LogP contribution in [0.2, 0.25) is 4.34 Å². The average Bonchev–Trinajstić information content (AvgIpc) is 2.75. The third-order valence-electron chi connectivity index (χ3n) is 3.50. The zero-order chi connectivity index (χ0) is 12.4. The lowest BCUT2D eigenvalue weighted by molar-refractivity contribution is -0.143. The Kier molecular flexibility index (Phi) is 4.07. The highest BCUT2D eigenvalue weighted by molar-refractivity contribution is 7.14. The number of thiophene rings is 1. The Morgan fingerprint density at radius 1 is 1.59 bits per heavy atom. The van der Waals surface area contributed by atoms with E-state index in [4.69, 9.17) is 16.7 Å². The van der Waals surface area contributed by atoms with Gasteiger partial charge in [-0.15, -0.1) is 11.3 Å². The van der Waals surface area contributed by atoms with Gasteiger partial charge in [0.05, 0.1) is 10.3 Å². The molecule has 94 valence electrons. The molecule has 1 aromatic heterocycles. The van der Waals surface area contributed by atoms with Crippen molar-refractivity contribution in [1.82, 2.24) is 4.90 Å². The molecule has 0 radical (unpaired) electrons. The fourth-order valence-electron chi connectivity index (χ4n) is 2.29. The van der Waals surface area contributed by atoms with Gasteiger partial charge in [0, 0.05) is 6.04 Å². The summed E-state index contributed by atoms with van der Waals surface area (Å²) in [4.78, 5) is 13.2. The summed E-state index contributed by atoms with van der Waals surface area (Å²) in [5.74, 6) is -0.819. The molecule has 0 bridgehead atoms. The van der Waals surface area contributed by atoms with Crippen molar-refractivity contribution in [3.05, 3.63) is 21.3 Å². The molecule has 1 fully saturated rings. The van der Waals surface area contributed by atoms with Crippen LogP contribution in [0.5, 0.6) is 0 Å². The molecule has 3 nitrogen and oxygen atoms in total. The summed E-state index contributed by atoms with van der Waals surface area (Å²) in [6, 6.07) is 2.33. The molecule has 1 aliphatic rings. The van der Waals surface area contributed by atoms with Crippen LogP contribution in [0, 0.1) is 5.92 Å². The van der Waals surface area contributed by atoms with E-state index in [1.165, 1.54) is 5.56 Å². The van der Waals surface area contributed by atoms with Crippen LogP contribution in [-0.2, 0) is 4.79 Å². The van der Waals surface area contributed by atoms with Gasteiger partial charge in [-0.05, 0) is 49.9 Å². The van der Waals surface area contributed by atoms with Crippen LogP contribution in [0.4, 0.5) is 0 Å². The number of likely N-dealkylation sites (tertiary alicyclic amines) is 1. The predicted molar refractivity (Wildman–Crippen MR) is 69.7 cm³/mol. The quantitative estimate of drug-likeness (QED) is 0.919. The number of halogens is 1.